The molecule has 0 unspecified atom stereocenters. The van der Waals surface area contributed by atoms with Gasteiger partial charge in [0.15, 0.2) is 0 Å². The van der Waals surface area contributed by atoms with Gasteiger partial charge in [-0.3, -0.25) is 5.10 Å². The highest BCUT2D eigenvalue weighted by molar-refractivity contribution is 6.30. The second kappa shape index (κ2) is 11.7. The van der Waals surface area contributed by atoms with Gasteiger partial charge >= 0.3 is 11.9 Å². The minimum Gasteiger partial charge on any atom is -0.478 e. The van der Waals surface area contributed by atoms with Crippen LogP contribution in [0.15, 0.2) is 42.5 Å². The fourth-order valence-electron chi connectivity index (χ4n) is 1.85. The third-order valence-electron chi connectivity index (χ3n) is 3.08. The highest BCUT2D eigenvalue weighted by Crippen LogP contribution is 2.22. The number of rotatable bonds is 8. The fraction of sp³-hybridized carbons (Fsp3) is 0.278. The Morgan fingerprint density at radius 1 is 1.19 bits per heavy atom. The van der Waals surface area contributed by atoms with Crippen molar-refractivity contribution in [3.05, 3.63) is 47.5 Å². The number of hydrogen-bond acceptors (Lipinski definition) is 5. The van der Waals surface area contributed by atoms with E-state index in [1.807, 2.05) is 44.4 Å². The molecule has 27 heavy (non-hydrogen) atoms. The first-order valence-corrected chi connectivity index (χ1v) is 8.38. The topological polar surface area (TPSA) is 116 Å². The summed E-state index contributed by atoms with van der Waals surface area (Å²) in [6.45, 7) is 1.68. The van der Waals surface area contributed by atoms with Gasteiger partial charge in [0.25, 0.3) is 0 Å². The average Bonchev–Trinajstić information content (AvgIpc) is 3.07. The van der Waals surface area contributed by atoms with Crippen molar-refractivity contribution in [2.45, 2.75) is 6.42 Å². The van der Waals surface area contributed by atoms with Crippen LogP contribution in [0.1, 0.15) is 6.42 Å². The summed E-state index contributed by atoms with van der Waals surface area (Å²) in [5.41, 5.74) is 1.97. The lowest BCUT2D eigenvalue weighted by Crippen LogP contribution is -2.15. The zero-order valence-electron chi connectivity index (χ0n) is 15.1. The summed E-state index contributed by atoms with van der Waals surface area (Å²) in [7, 11) is 4.10. The predicted octanol–water partition coefficient (Wildman–Crippen LogP) is 2.77. The van der Waals surface area contributed by atoms with Crippen LogP contribution in [0.3, 0.4) is 0 Å². The number of ether oxygens (including phenoxy) is 1. The van der Waals surface area contributed by atoms with E-state index in [2.05, 4.69) is 15.1 Å². The van der Waals surface area contributed by atoms with Crippen LogP contribution in [0.4, 0.5) is 0 Å². The van der Waals surface area contributed by atoms with Gasteiger partial charge in [-0.2, -0.15) is 0 Å². The maximum atomic E-state index is 9.55. The van der Waals surface area contributed by atoms with Crippen molar-refractivity contribution in [2.75, 3.05) is 27.2 Å². The molecule has 0 aliphatic carbocycles. The number of nitrogens with one attached hydrogen (secondary N) is 1. The lowest BCUT2D eigenvalue weighted by molar-refractivity contribution is -0.134. The average molecular weight is 396 g/mol. The monoisotopic (exact) mass is 395 g/mol. The largest absolute Gasteiger partial charge is 0.478 e. The van der Waals surface area contributed by atoms with Crippen LogP contribution < -0.4 is 4.74 Å². The number of aliphatic carboxylic acids is 2. The van der Waals surface area contributed by atoms with Crippen molar-refractivity contribution in [3.8, 4) is 17.1 Å². The smallest absolute Gasteiger partial charge is 0.328 e. The Kier molecular flexibility index (Phi) is 9.63. The third-order valence-corrected chi connectivity index (χ3v) is 3.33. The minimum absolute atomic E-state index is 0.558. The molecule has 1 aromatic carbocycles. The predicted molar refractivity (Wildman–Crippen MR) is 102 cm³/mol. The number of carboxylic acids is 2. The number of hydrogen-bond donors (Lipinski definition) is 3. The summed E-state index contributed by atoms with van der Waals surface area (Å²) in [4.78, 5) is 21.2. The maximum Gasteiger partial charge on any atom is 0.328 e. The number of halogens is 1. The molecule has 0 amide bonds. The van der Waals surface area contributed by atoms with Gasteiger partial charge in [-0.1, -0.05) is 23.7 Å². The molecule has 3 N–H and O–H groups in total. The second-order valence-corrected chi connectivity index (χ2v) is 6.08. The number of aromatic nitrogens is 2. The Bertz CT molecular complexity index is 741. The lowest BCUT2D eigenvalue weighted by Gasteiger charge is -2.08. The molecule has 1 heterocycles. The SMILES string of the molecule is CN(C)CCCOc1cc(-c2ccc(Cl)cc2)[nH]n1.O=C(O)/C=C/C(=O)O. The van der Waals surface area contributed by atoms with Gasteiger partial charge in [-0.05, 0) is 38.2 Å². The molecule has 2 rings (SSSR count). The molecule has 0 bridgehead atoms. The summed E-state index contributed by atoms with van der Waals surface area (Å²) in [6.07, 6.45) is 2.10. The number of aromatic amines is 1. The number of H-pyrrole nitrogens is 1. The summed E-state index contributed by atoms with van der Waals surface area (Å²) >= 11 is 5.86. The van der Waals surface area contributed by atoms with E-state index in [0.29, 0.717) is 24.6 Å². The second-order valence-electron chi connectivity index (χ2n) is 5.64. The van der Waals surface area contributed by atoms with E-state index < -0.39 is 11.9 Å². The fourth-order valence-corrected chi connectivity index (χ4v) is 1.98. The van der Waals surface area contributed by atoms with Crippen LogP contribution in [0.2, 0.25) is 5.02 Å². The molecule has 2 aromatic rings. The van der Waals surface area contributed by atoms with Crippen LogP contribution in [0, 0.1) is 0 Å². The molecule has 0 saturated carbocycles. The molecule has 0 atom stereocenters. The van der Waals surface area contributed by atoms with Crippen molar-refractivity contribution >= 4 is 23.5 Å². The van der Waals surface area contributed by atoms with Gasteiger partial charge in [0.1, 0.15) is 0 Å². The third kappa shape index (κ3) is 10.0. The van der Waals surface area contributed by atoms with Crippen LogP contribution in [-0.2, 0) is 9.59 Å². The van der Waals surface area contributed by atoms with E-state index in [9.17, 15) is 9.59 Å². The first-order valence-electron chi connectivity index (χ1n) is 8.00. The molecule has 0 fully saturated rings. The zero-order valence-corrected chi connectivity index (χ0v) is 15.8. The van der Waals surface area contributed by atoms with Crippen molar-refractivity contribution in [1.29, 1.82) is 0 Å². The van der Waals surface area contributed by atoms with Gasteiger partial charge in [0, 0.05) is 29.8 Å². The molecular weight excluding hydrogens is 374 g/mol. The molecule has 0 aliphatic rings. The number of benzene rings is 1. The lowest BCUT2D eigenvalue weighted by atomic mass is 10.2. The molecule has 1 aromatic heterocycles. The molecule has 9 heteroatoms. The van der Waals surface area contributed by atoms with E-state index >= 15 is 0 Å². The quantitative estimate of drug-likeness (QED) is 0.464. The molecule has 8 nitrogen and oxygen atoms in total. The summed E-state index contributed by atoms with van der Waals surface area (Å²) in [6, 6.07) is 9.51. The summed E-state index contributed by atoms with van der Waals surface area (Å²) < 4.78 is 5.59. The van der Waals surface area contributed by atoms with E-state index in [1.165, 1.54) is 0 Å². The number of carboxylic acid groups (broad SMARTS) is 2. The highest BCUT2D eigenvalue weighted by atomic mass is 35.5. The standard InChI is InChI=1S/C14H18ClN3O.C4H4O4/c1-18(2)8-3-9-19-14-10-13(16-17-14)11-4-6-12(15)7-5-11;5-3(6)1-2-4(7)8/h4-7,10H,3,8-9H2,1-2H3,(H,16,17);1-2H,(H,5,6)(H,7,8)/b;2-1+. The summed E-state index contributed by atoms with van der Waals surface area (Å²) in [5.74, 6) is -1.89. The van der Waals surface area contributed by atoms with Crippen molar-refractivity contribution in [3.63, 3.8) is 0 Å². The molecule has 0 aliphatic heterocycles. The van der Waals surface area contributed by atoms with Gasteiger partial charge < -0.3 is 19.8 Å². The highest BCUT2D eigenvalue weighted by Gasteiger charge is 2.04. The Labute approximate surface area is 162 Å². The van der Waals surface area contributed by atoms with Crippen molar-refractivity contribution in [2.24, 2.45) is 0 Å². The van der Waals surface area contributed by atoms with Crippen LogP contribution >= 0.6 is 11.6 Å². The Morgan fingerprint density at radius 2 is 1.78 bits per heavy atom. The van der Waals surface area contributed by atoms with Crippen LogP contribution in [0.25, 0.3) is 11.3 Å². The Balaban J connectivity index is 0.000000387. The maximum absolute atomic E-state index is 9.55. The van der Waals surface area contributed by atoms with E-state index in [-0.39, 0.29) is 0 Å². The first kappa shape index (κ1) is 22.2. The molecule has 0 spiro atoms. The Morgan fingerprint density at radius 3 is 2.30 bits per heavy atom. The Hall–Kier alpha value is -2.84. The normalized spacial score (nSPS) is 10.5. The van der Waals surface area contributed by atoms with Gasteiger partial charge in [-0.25, -0.2) is 9.59 Å². The minimum atomic E-state index is -1.26. The van der Waals surface area contributed by atoms with Gasteiger partial charge in [0.2, 0.25) is 5.88 Å². The summed E-state index contributed by atoms with van der Waals surface area (Å²) in [5, 5.41) is 23.5. The molecular formula is C18H22ClN3O5. The van der Waals surface area contributed by atoms with Crippen LogP contribution in [-0.4, -0.2) is 64.5 Å². The van der Waals surface area contributed by atoms with E-state index in [1.54, 1.807) is 0 Å². The van der Waals surface area contributed by atoms with Crippen LogP contribution in [0.5, 0.6) is 5.88 Å². The molecule has 0 radical (unpaired) electrons. The van der Waals surface area contributed by atoms with E-state index in [4.69, 9.17) is 26.6 Å². The van der Waals surface area contributed by atoms with E-state index in [0.717, 1.165) is 29.2 Å². The number of nitrogens with zero attached hydrogens (tertiary/aromatic N) is 2. The molecule has 146 valence electrons. The van der Waals surface area contributed by atoms with Crippen molar-refractivity contribution in [1.82, 2.24) is 15.1 Å². The number of carbonyl (C=O) groups is 2. The van der Waals surface area contributed by atoms with Crippen molar-refractivity contribution < 1.29 is 24.5 Å². The molecule has 0 saturated heterocycles. The van der Waals surface area contributed by atoms with Gasteiger partial charge in [-0.15, -0.1) is 5.10 Å². The first-order chi connectivity index (χ1) is 12.8. The van der Waals surface area contributed by atoms with Gasteiger partial charge in [0.05, 0.1) is 12.3 Å². The zero-order chi connectivity index (χ0) is 20.2.